The van der Waals surface area contributed by atoms with Gasteiger partial charge in [-0.05, 0) is 6.92 Å². The first-order valence-corrected chi connectivity index (χ1v) is 5.38. The van der Waals surface area contributed by atoms with Crippen LogP contribution in [0.2, 0.25) is 0 Å². The molecule has 6 nitrogen and oxygen atoms in total. The lowest BCUT2D eigenvalue weighted by Crippen LogP contribution is -2.33. The van der Waals surface area contributed by atoms with E-state index < -0.39 is 33.3 Å². The van der Waals surface area contributed by atoms with E-state index in [4.69, 9.17) is 4.55 Å². The van der Waals surface area contributed by atoms with Crippen molar-refractivity contribution >= 4 is 21.9 Å². The van der Waals surface area contributed by atoms with Crippen LogP contribution in [0.3, 0.4) is 0 Å². The summed E-state index contributed by atoms with van der Waals surface area (Å²) in [6.45, 7) is 7.78. The molecule has 0 heterocycles. The van der Waals surface area contributed by atoms with E-state index in [2.05, 4.69) is 13.2 Å². The molecule has 0 aliphatic heterocycles. The number of imide groups is 1. The summed E-state index contributed by atoms with van der Waals surface area (Å²) in [7, 11) is -4.32. The molecular weight excluding hydrogens is 222 g/mol. The van der Waals surface area contributed by atoms with E-state index in [-0.39, 0.29) is 5.57 Å². The van der Waals surface area contributed by atoms with Crippen LogP contribution in [-0.4, -0.2) is 30.5 Å². The highest BCUT2D eigenvalue weighted by atomic mass is 32.2. The molecule has 0 aromatic rings. The van der Waals surface area contributed by atoms with Crippen molar-refractivity contribution in [2.45, 2.75) is 6.92 Å². The Hall–Kier alpha value is -1.47. The second kappa shape index (κ2) is 4.85. The zero-order valence-corrected chi connectivity index (χ0v) is 8.93. The smallest absolute Gasteiger partial charge is 0.269 e. The first kappa shape index (κ1) is 13.5. The number of hydrogen-bond donors (Lipinski definition) is 2. The summed E-state index contributed by atoms with van der Waals surface area (Å²) in [4.78, 5) is 22.0. The molecule has 15 heavy (non-hydrogen) atoms. The minimum absolute atomic E-state index is 0.100. The topological polar surface area (TPSA) is 101 Å². The molecule has 0 unspecified atom stereocenters. The third-order valence-corrected chi connectivity index (χ3v) is 2.01. The summed E-state index contributed by atoms with van der Waals surface area (Å²) in [5.74, 6) is -2.60. The van der Waals surface area contributed by atoms with Crippen molar-refractivity contribution in [3.63, 3.8) is 0 Å². The number of rotatable bonds is 4. The first-order valence-electron chi connectivity index (χ1n) is 3.77. The number of hydrogen-bond acceptors (Lipinski definition) is 4. The zero-order chi connectivity index (χ0) is 12.2. The van der Waals surface area contributed by atoms with Crippen LogP contribution < -0.4 is 5.32 Å². The van der Waals surface area contributed by atoms with Crippen LogP contribution in [0.4, 0.5) is 0 Å². The van der Waals surface area contributed by atoms with Gasteiger partial charge in [-0.2, -0.15) is 8.42 Å². The number of carbonyl (C=O) groups is 2. The maximum atomic E-state index is 11.1. The van der Waals surface area contributed by atoms with Gasteiger partial charge in [-0.15, -0.1) is 0 Å². The van der Waals surface area contributed by atoms with Crippen LogP contribution in [0.15, 0.2) is 24.3 Å². The zero-order valence-electron chi connectivity index (χ0n) is 8.11. The summed E-state index contributed by atoms with van der Waals surface area (Å²) in [5, 5.41) is 1.85. The molecule has 7 heteroatoms. The van der Waals surface area contributed by atoms with Gasteiger partial charge in [-0.1, -0.05) is 13.2 Å². The van der Waals surface area contributed by atoms with Crippen LogP contribution in [0.25, 0.3) is 0 Å². The largest absolute Gasteiger partial charge is 0.289 e. The summed E-state index contributed by atoms with van der Waals surface area (Å²) >= 11 is 0. The third kappa shape index (κ3) is 5.76. The predicted molar refractivity (Wildman–Crippen MR) is 53.5 cm³/mol. The molecule has 0 aliphatic carbocycles. The molecule has 0 saturated carbocycles. The van der Waals surface area contributed by atoms with Crippen LogP contribution in [-0.2, 0) is 19.7 Å². The standard InChI is InChI=1S/C8H11NO5S/c1-5(2)7(10)9-8(11)6(3)4-15(12,13)14/h1,3-4H2,2H3,(H,9,10,11)(H,12,13,14). The van der Waals surface area contributed by atoms with Gasteiger partial charge in [0.1, 0.15) is 5.75 Å². The van der Waals surface area contributed by atoms with Crippen molar-refractivity contribution < 1.29 is 22.6 Å². The van der Waals surface area contributed by atoms with E-state index in [1.165, 1.54) is 6.92 Å². The van der Waals surface area contributed by atoms with Gasteiger partial charge in [0.2, 0.25) is 0 Å². The molecule has 84 valence electrons. The normalized spacial score (nSPS) is 10.5. The van der Waals surface area contributed by atoms with Gasteiger partial charge in [0.05, 0.1) is 0 Å². The molecule has 2 amide bonds. The van der Waals surface area contributed by atoms with Gasteiger partial charge in [0, 0.05) is 11.1 Å². The lowest BCUT2D eigenvalue weighted by molar-refractivity contribution is -0.126. The van der Waals surface area contributed by atoms with Gasteiger partial charge < -0.3 is 0 Å². The Bertz CT molecular complexity index is 420. The van der Waals surface area contributed by atoms with Crippen LogP contribution in [0.1, 0.15) is 6.92 Å². The van der Waals surface area contributed by atoms with Crippen molar-refractivity contribution in [1.82, 2.24) is 5.32 Å². The van der Waals surface area contributed by atoms with Crippen molar-refractivity contribution in [2.75, 3.05) is 5.75 Å². The summed E-state index contributed by atoms with van der Waals surface area (Å²) in [6.07, 6.45) is 0. The Labute approximate surface area is 87.4 Å². The highest BCUT2D eigenvalue weighted by molar-refractivity contribution is 7.86. The molecule has 2 N–H and O–H groups in total. The van der Waals surface area contributed by atoms with Crippen molar-refractivity contribution in [3.8, 4) is 0 Å². The van der Waals surface area contributed by atoms with E-state index in [0.717, 1.165) is 0 Å². The maximum Gasteiger partial charge on any atom is 0.269 e. The fraction of sp³-hybridized carbons (Fsp3) is 0.250. The Balaban J connectivity index is 4.43. The number of carbonyl (C=O) groups excluding carboxylic acids is 2. The molecule has 0 aromatic carbocycles. The molecule has 0 atom stereocenters. The van der Waals surface area contributed by atoms with Crippen molar-refractivity contribution in [2.24, 2.45) is 0 Å². The van der Waals surface area contributed by atoms with E-state index in [0.29, 0.717) is 0 Å². The lowest BCUT2D eigenvalue weighted by Gasteiger charge is -2.04. The summed E-state index contributed by atoms with van der Waals surface area (Å²) in [6, 6.07) is 0. The molecule has 0 saturated heterocycles. The van der Waals surface area contributed by atoms with Crippen molar-refractivity contribution in [1.29, 1.82) is 0 Å². The van der Waals surface area contributed by atoms with Crippen LogP contribution in [0.5, 0.6) is 0 Å². The highest BCUT2D eigenvalue weighted by Crippen LogP contribution is 1.97. The third-order valence-electron chi connectivity index (χ3n) is 1.29. The minimum atomic E-state index is -4.32. The average molecular weight is 233 g/mol. The molecule has 0 radical (unpaired) electrons. The molecule has 0 aliphatic rings. The lowest BCUT2D eigenvalue weighted by atomic mass is 10.3. The summed E-state index contributed by atoms with van der Waals surface area (Å²) in [5.41, 5.74) is -0.324. The quantitative estimate of drug-likeness (QED) is 0.510. The second-order valence-corrected chi connectivity index (χ2v) is 4.35. The Morgan fingerprint density at radius 1 is 1.27 bits per heavy atom. The Morgan fingerprint density at radius 2 is 1.73 bits per heavy atom. The maximum absolute atomic E-state index is 11.1. The SMILES string of the molecule is C=C(C)C(=O)NC(=O)C(=C)CS(=O)(=O)O. The minimum Gasteiger partial charge on any atom is -0.289 e. The van der Waals surface area contributed by atoms with Crippen LogP contribution in [0, 0.1) is 0 Å². The molecule has 0 spiro atoms. The van der Waals surface area contributed by atoms with E-state index in [1.807, 2.05) is 5.32 Å². The Kier molecular flexibility index (Phi) is 4.38. The fourth-order valence-electron chi connectivity index (χ4n) is 0.584. The monoisotopic (exact) mass is 233 g/mol. The van der Waals surface area contributed by atoms with E-state index >= 15 is 0 Å². The van der Waals surface area contributed by atoms with Crippen molar-refractivity contribution in [3.05, 3.63) is 24.3 Å². The van der Waals surface area contributed by atoms with Gasteiger partial charge >= 0.3 is 0 Å². The number of amides is 2. The summed E-state index contributed by atoms with van der Waals surface area (Å²) < 4.78 is 29.2. The van der Waals surface area contributed by atoms with Crippen LogP contribution >= 0.6 is 0 Å². The molecule has 0 rings (SSSR count). The fourth-order valence-corrected chi connectivity index (χ4v) is 1.16. The van der Waals surface area contributed by atoms with Gasteiger partial charge in [0.15, 0.2) is 0 Å². The average Bonchev–Trinajstić information content (AvgIpc) is 2.00. The van der Waals surface area contributed by atoms with Gasteiger partial charge in [-0.3, -0.25) is 19.5 Å². The predicted octanol–water partition coefficient (Wildman–Crippen LogP) is -0.351. The molecular formula is C8H11NO5S. The first-order chi connectivity index (χ1) is 6.63. The molecule has 0 fully saturated rings. The highest BCUT2D eigenvalue weighted by Gasteiger charge is 2.16. The van der Waals surface area contributed by atoms with E-state index in [1.54, 1.807) is 0 Å². The van der Waals surface area contributed by atoms with Gasteiger partial charge in [-0.25, -0.2) is 0 Å². The second-order valence-electron chi connectivity index (χ2n) is 2.89. The molecule has 0 aromatic heterocycles. The molecule has 0 bridgehead atoms. The van der Waals surface area contributed by atoms with E-state index in [9.17, 15) is 18.0 Å². The van der Waals surface area contributed by atoms with Gasteiger partial charge in [0.25, 0.3) is 21.9 Å². The number of nitrogens with one attached hydrogen (secondary N) is 1. The Morgan fingerprint density at radius 3 is 2.07 bits per heavy atom.